The molecule has 0 unspecified atom stereocenters. The number of carboxylic acids is 1. The van der Waals surface area contributed by atoms with Crippen molar-refractivity contribution in [3.8, 4) is 0 Å². The number of carbonyl (C=O) groups is 3. The summed E-state index contributed by atoms with van der Waals surface area (Å²) in [5.41, 5.74) is 2.72. The van der Waals surface area contributed by atoms with Crippen molar-refractivity contribution in [1.82, 2.24) is 10.3 Å². The van der Waals surface area contributed by atoms with Crippen LogP contribution >= 0.6 is 0 Å². The number of hydrogen-bond donors (Lipinski definition) is 4. The van der Waals surface area contributed by atoms with Crippen molar-refractivity contribution in [3.63, 3.8) is 0 Å². The van der Waals surface area contributed by atoms with Crippen LogP contribution in [0, 0.1) is 0 Å². The van der Waals surface area contributed by atoms with Crippen molar-refractivity contribution in [1.29, 1.82) is 0 Å². The lowest BCUT2D eigenvalue weighted by molar-refractivity contribution is -0.139. The lowest BCUT2D eigenvalue weighted by Crippen LogP contribution is -2.44. The molecule has 3 rings (SSSR count). The molecule has 0 fully saturated rings. The number of amides is 2. The van der Waals surface area contributed by atoms with Crippen molar-refractivity contribution < 1.29 is 19.5 Å². The highest BCUT2D eigenvalue weighted by atomic mass is 16.4. The molecule has 0 aliphatic carbocycles. The van der Waals surface area contributed by atoms with Gasteiger partial charge in [-0.3, -0.25) is 4.79 Å². The highest BCUT2D eigenvalue weighted by Crippen LogP contribution is 2.19. The van der Waals surface area contributed by atoms with Crippen molar-refractivity contribution in [3.05, 3.63) is 65.9 Å². The number of aliphatic carboxylic acids is 1. The third kappa shape index (κ3) is 4.33. The summed E-state index contributed by atoms with van der Waals surface area (Å²) in [7, 11) is 0. The van der Waals surface area contributed by atoms with E-state index in [1.807, 2.05) is 24.3 Å². The number of urea groups is 1. The Morgan fingerprint density at radius 1 is 1.07 bits per heavy atom. The molecule has 4 N–H and O–H groups in total. The zero-order valence-corrected chi connectivity index (χ0v) is 14.7. The maximum absolute atomic E-state index is 12.2. The minimum Gasteiger partial charge on any atom is -0.480 e. The average molecular weight is 365 g/mol. The van der Waals surface area contributed by atoms with Crippen LogP contribution in [0.4, 0.5) is 10.5 Å². The molecule has 138 valence electrons. The summed E-state index contributed by atoms with van der Waals surface area (Å²) in [5.74, 6) is -1.20. The van der Waals surface area contributed by atoms with Crippen molar-refractivity contribution in [2.24, 2.45) is 0 Å². The van der Waals surface area contributed by atoms with Crippen molar-refractivity contribution in [2.75, 3.05) is 5.32 Å². The molecule has 0 radical (unpaired) electrons. The average Bonchev–Trinajstić information content (AvgIpc) is 3.04. The minimum atomic E-state index is -1.12. The molecule has 3 aromatic rings. The number of fused-ring (bicyclic) bond motifs is 1. The third-order valence-electron chi connectivity index (χ3n) is 4.25. The van der Waals surface area contributed by atoms with E-state index in [9.17, 15) is 19.5 Å². The monoisotopic (exact) mass is 365 g/mol. The second-order valence-corrected chi connectivity index (χ2v) is 6.19. The van der Waals surface area contributed by atoms with Gasteiger partial charge in [0, 0.05) is 34.8 Å². The molecule has 7 nitrogen and oxygen atoms in total. The number of carboxylic acid groups (broad SMARTS) is 1. The van der Waals surface area contributed by atoms with Gasteiger partial charge >= 0.3 is 12.0 Å². The van der Waals surface area contributed by atoms with E-state index in [4.69, 9.17) is 0 Å². The predicted molar refractivity (Wildman–Crippen MR) is 102 cm³/mol. The second-order valence-electron chi connectivity index (χ2n) is 6.19. The van der Waals surface area contributed by atoms with Crippen molar-refractivity contribution in [2.45, 2.75) is 19.4 Å². The molecule has 0 bridgehead atoms. The van der Waals surface area contributed by atoms with Gasteiger partial charge in [-0.25, -0.2) is 9.59 Å². The van der Waals surface area contributed by atoms with Gasteiger partial charge in [-0.05, 0) is 42.8 Å². The Kier molecular flexibility index (Phi) is 5.21. The molecular formula is C20H19N3O4. The standard InChI is InChI=1S/C20H19N3O4/c1-12(24)13-6-8-15(9-7-13)22-20(27)23-18(19(25)26)10-14-11-21-17-5-3-2-4-16(14)17/h2-9,11,18,21H,10H2,1H3,(H,25,26)(H2,22,23,27)/t18-/m1/s1. The van der Waals surface area contributed by atoms with Crippen LogP contribution in [0.25, 0.3) is 10.9 Å². The number of anilines is 1. The molecule has 27 heavy (non-hydrogen) atoms. The normalized spacial score (nSPS) is 11.7. The summed E-state index contributed by atoms with van der Waals surface area (Å²) in [4.78, 5) is 38.1. The van der Waals surface area contributed by atoms with E-state index in [2.05, 4.69) is 15.6 Å². The highest BCUT2D eigenvalue weighted by molar-refractivity contribution is 5.96. The maximum atomic E-state index is 12.2. The molecule has 1 atom stereocenters. The molecule has 1 heterocycles. The molecule has 2 aromatic carbocycles. The van der Waals surface area contributed by atoms with Gasteiger partial charge in [-0.1, -0.05) is 18.2 Å². The Hall–Kier alpha value is -3.61. The topological polar surface area (TPSA) is 111 Å². The SMILES string of the molecule is CC(=O)c1ccc(NC(=O)N[C@H](Cc2c[nH]c3ccccc23)C(=O)O)cc1. The van der Waals surface area contributed by atoms with Crippen LogP contribution in [0.1, 0.15) is 22.8 Å². The molecule has 0 saturated carbocycles. The van der Waals surface area contributed by atoms with Gasteiger partial charge < -0.3 is 20.7 Å². The molecule has 0 aliphatic heterocycles. The van der Waals surface area contributed by atoms with E-state index < -0.39 is 18.0 Å². The quantitative estimate of drug-likeness (QED) is 0.503. The van der Waals surface area contributed by atoms with Crippen LogP contribution in [-0.4, -0.2) is 33.9 Å². The number of aromatic nitrogens is 1. The van der Waals surface area contributed by atoms with Crippen molar-refractivity contribution >= 4 is 34.4 Å². The molecular weight excluding hydrogens is 346 g/mol. The third-order valence-corrected chi connectivity index (χ3v) is 4.25. The number of aromatic amines is 1. The Morgan fingerprint density at radius 2 is 1.78 bits per heavy atom. The van der Waals surface area contributed by atoms with E-state index in [1.165, 1.54) is 6.92 Å². The van der Waals surface area contributed by atoms with E-state index in [-0.39, 0.29) is 12.2 Å². The number of rotatable bonds is 6. The Bertz CT molecular complexity index is 992. The lowest BCUT2D eigenvalue weighted by atomic mass is 10.1. The van der Waals surface area contributed by atoms with E-state index in [1.54, 1.807) is 30.5 Å². The number of benzene rings is 2. The first-order valence-electron chi connectivity index (χ1n) is 8.40. The van der Waals surface area contributed by atoms with E-state index in [0.29, 0.717) is 11.3 Å². The van der Waals surface area contributed by atoms with E-state index >= 15 is 0 Å². The Labute approximate surface area is 155 Å². The molecule has 1 aromatic heterocycles. The second kappa shape index (κ2) is 7.74. The summed E-state index contributed by atoms with van der Waals surface area (Å²) < 4.78 is 0. The first-order chi connectivity index (χ1) is 12.9. The fourth-order valence-corrected chi connectivity index (χ4v) is 2.83. The Balaban J connectivity index is 1.67. The van der Waals surface area contributed by atoms with Gasteiger partial charge in [-0.2, -0.15) is 0 Å². The summed E-state index contributed by atoms with van der Waals surface area (Å²) in [6.07, 6.45) is 1.90. The predicted octanol–water partition coefficient (Wildman–Crippen LogP) is 3.19. The number of ketones is 1. The highest BCUT2D eigenvalue weighted by Gasteiger charge is 2.22. The summed E-state index contributed by atoms with van der Waals surface area (Å²) in [6.45, 7) is 1.46. The molecule has 7 heteroatoms. The lowest BCUT2D eigenvalue weighted by Gasteiger charge is -2.15. The van der Waals surface area contributed by atoms with Gasteiger partial charge in [-0.15, -0.1) is 0 Å². The number of Topliss-reactive ketones (excluding diaryl/α,β-unsaturated/α-hetero) is 1. The number of H-pyrrole nitrogens is 1. The van der Waals surface area contributed by atoms with Crippen LogP contribution in [0.15, 0.2) is 54.7 Å². The van der Waals surface area contributed by atoms with Crippen LogP contribution in [-0.2, 0) is 11.2 Å². The zero-order chi connectivity index (χ0) is 19.4. The van der Waals surface area contributed by atoms with Gasteiger partial charge in [0.05, 0.1) is 0 Å². The summed E-state index contributed by atoms with van der Waals surface area (Å²) in [5, 5.41) is 15.4. The van der Waals surface area contributed by atoms with Crippen LogP contribution in [0.3, 0.4) is 0 Å². The molecule has 0 aliphatic rings. The molecule has 2 amide bonds. The number of carbonyl (C=O) groups excluding carboxylic acids is 2. The largest absolute Gasteiger partial charge is 0.480 e. The number of para-hydroxylation sites is 1. The van der Waals surface area contributed by atoms with Gasteiger partial charge in [0.1, 0.15) is 6.04 Å². The van der Waals surface area contributed by atoms with Gasteiger partial charge in [0.2, 0.25) is 0 Å². The summed E-state index contributed by atoms with van der Waals surface area (Å²) >= 11 is 0. The fourth-order valence-electron chi connectivity index (χ4n) is 2.83. The van der Waals surface area contributed by atoms with E-state index in [0.717, 1.165) is 16.5 Å². The molecule has 0 spiro atoms. The number of nitrogens with one attached hydrogen (secondary N) is 3. The summed E-state index contributed by atoms with van der Waals surface area (Å²) in [6, 6.07) is 12.2. The first-order valence-corrected chi connectivity index (χ1v) is 8.40. The first kappa shape index (κ1) is 18.2. The number of hydrogen-bond acceptors (Lipinski definition) is 3. The fraction of sp³-hybridized carbons (Fsp3) is 0.150. The van der Waals surface area contributed by atoms with Gasteiger partial charge in [0.15, 0.2) is 5.78 Å². The zero-order valence-electron chi connectivity index (χ0n) is 14.7. The smallest absolute Gasteiger partial charge is 0.326 e. The van der Waals surface area contributed by atoms with Gasteiger partial charge in [0.25, 0.3) is 0 Å². The molecule has 0 saturated heterocycles. The Morgan fingerprint density at radius 3 is 2.44 bits per heavy atom. The van der Waals surface area contributed by atoms with Crippen LogP contribution in [0.5, 0.6) is 0 Å². The minimum absolute atomic E-state index is 0.0735. The van der Waals surface area contributed by atoms with Crippen LogP contribution in [0.2, 0.25) is 0 Å². The van der Waals surface area contributed by atoms with Crippen LogP contribution < -0.4 is 10.6 Å². The maximum Gasteiger partial charge on any atom is 0.326 e.